The molecule has 0 radical (unpaired) electrons. The number of allylic oxidation sites excluding steroid dienone is 4. The first-order valence-corrected chi connectivity index (χ1v) is 3.68. The van der Waals surface area contributed by atoms with Crippen LogP contribution in [-0.4, -0.2) is 10.2 Å². The number of hydrogen-bond donors (Lipinski definition) is 2. The molecule has 12 heavy (non-hydrogen) atoms. The van der Waals surface area contributed by atoms with Gasteiger partial charge in [-0.2, -0.15) is 5.10 Å². The summed E-state index contributed by atoms with van der Waals surface area (Å²) in [6.07, 6.45) is 15.0. The Morgan fingerprint density at radius 1 is 0.917 bits per heavy atom. The molecule has 0 bridgehead atoms. The third kappa shape index (κ3) is 4.11. The highest BCUT2D eigenvalue weighted by Gasteiger charge is 1.67. The lowest BCUT2D eigenvalue weighted by molar-refractivity contribution is 1.09. The summed E-state index contributed by atoms with van der Waals surface area (Å²) < 4.78 is 0. The molecule has 0 aliphatic carbocycles. The van der Waals surface area contributed by atoms with Crippen LogP contribution in [-0.2, 0) is 0 Å². The highest BCUT2D eigenvalue weighted by atomic mass is 15.1. The Hall–Kier alpha value is -1.77. The van der Waals surface area contributed by atoms with Crippen LogP contribution in [0.15, 0.2) is 55.2 Å². The van der Waals surface area contributed by atoms with Crippen LogP contribution >= 0.6 is 0 Å². The van der Waals surface area contributed by atoms with Gasteiger partial charge in [0, 0.05) is 24.8 Å². The Morgan fingerprint density at radius 3 is 2.08 bits per heavy atom. The molecule has 3 heteroatoms. The minimum Gasteiger partial charge on any atom is -0.368 e. The quantitative estimate of drug-likeness (QED) is 0.606. The van der Waals surface area contributed by atoms with E-state index in [0.717, 1.165) is 0 Å². The number of aromatic nitrogens is 2. The van der Waals surface area contributed by atoms with E-state index in [0.29, 0.717) is 0 Å². The predicted octanol–water partition coefficient (Wildman–Crippen LogP) is 1.58. The smallest absolute Gasteiger partial charge is 0.0487 e. The summed E-state index contributed by atoms with van der Waals surface area (Å²) in [7, 11) is 0. The van der Waals surface area contributed by atoms with E-state index in [4.69, 9.17) is 0 Å². The Bertz CT molecular complexity index is 226. The van der Waals surface area contributed by atoms with E-state index in [9.17, 15) is 0 Å². The number of hydrogen-bond acceptors (Lipinski definition) is 2. The van der Waals surface area contributed by atoms with Crippen LogP contribution in [0.3, 0.4) is 0 Å². The highest BCUT2D eigenvalue weighted by Crippen LogP contribution is 1.81. The lowest BCUT2D eigenvalue weighted by atomic mass is 10.5. The standard InChI is InChI=1S/C6H7N.C3H4N2/c1-2-4-6-7-5-3-1;1-2-4-5-3-1/h1-7H;1-3H,(H,4,5). The maximum absolute atomic E-state index is 3.60. The molecule has 0 saturated carbocycles. The van der Waals surface area contributed by atoms with Gasteiger partial charge in [-0.1, -0.05) is 12.2 Å². The largest absolute Gasteiger partial charge is 0.368 e. The minimum absolute atomic E-state index is 1.69. The topological polar surface area (TPSA) is 40.7 Å². The normalized spacial score (nSPS) is 12.7. The Morgan fingerprint density at radius 2 is 1.67 bits per heavy atom. The summed E-state index contributed by atoms with van der Waals surface area (Å²) in [6.45, 7) is 0. The van der Waals surface area contributed by atoms with Crippen LogP contribution < -0.4 is 5.32 Å². The van der Waals surface area contributed by atoms with Crippen molar-refractivity contribution in [1.82, 2.24) is 15.5 Å². The molecule has 1 aliphatic rings. The van der Waals surface area contributed by atoms with Crippen LogP contribution in [0.2, 0.25) is 0 Å². The van der Waals surface area contributed by atoms with Crippen LogP contribution in [0, 0.1) is 0 Å². The molecule has 2 heterocycles. The summed E-state index contributed by atoms with van der Waals surface area (Å²) in [4.78, 5) is 0. The minimum atomic E-state index is 1.69. The zero-order valence-electron chi connectivity index (χ0n) is 6.64. The monoisotopic (exact) mass is 161 g/mol. The van der Waals surface area contributed by atoms with Crippen LogP contribution in [0.25, 0.3) is 0 Å². The van der Waals surface area contributed by atoms with Crippen molar-refractivity contribution in [1.29, 1.82) is 0 Å². The first-order valence-electron chi connectivity index (χ1n) is 3.68. The van der Waals surface area contributed by atoms with E-state index in [1.165, 1.54) is 0 Å². The van der Waals surface area contributed by atoms with E-state index in [-0.39, 0.29) is 0 Å². The second-order valence-electron chi connectivity index (χ2n) is 2.04. The van der Waals surface area contributed by atoms with Gasteiger partial charge in [-0.3, -0.25) is 5.10 Å². The maximum atomic E-state index is 3.60. The molecule has 62 valence electrons. The lowest BCUT2D eigenvalue weighted by Crippen LogP contribution is -1.87. The Kier molecular flexibility index (Phi) is 4.15. The molecule has 0 atom stereocenters. The van der Waals surface area contributed by atoms with Crippen molar-refractivity contribution in [2.45, 2.75) is 0 Å². The number of H-pyrrole nitrogens is 1. The fourth-order valence-corrected chi connectivity index (χ4v) is 0.621. The second-order valence-corrected chi connectivity index (χ2v) is 2.04. The average Bonchev–Trinajstić information content (AvgIpc) is 2.54. The third-order valence-corrected chi connectivity index (χ3v) is 1.12. The van der Waals surface area contributed by atoms with Gasteiger partial charge in [0.25, 0.3) is 0 Å². The van der Waals surface area contributed by atoms with Gasteiger partial charge in [0.2, 0.25) is 0 Å². The fourth-order valence-electron chi connectivity index (χ4n) is 0.621. The molecule has 3 nitrogen and oxygen atoms in total. The van der Waals surface area contributed by atoms with Crippen LogP contribution in [0.1, 0.15) is 0 Å². The van der Waals surface area contributed by atoms with Crippen molar-refractivity contribution < 1.29 is 0 Å². The molecule has 0 spiro atoms. The molecule has 0 amide bonds. The summed E-state index contributed by atoms with van der Waals surface area (Å²) >= 11 is 0. The second kappa shape index (κ2) is 5.97. The first-order chi connectivity index (χ1) is 6.00. The predicted molar refractivity (Wildman–Crippen MR) is 49.1 cm³/mol. The molecule has 0 aromatic carbocycles. The molecule has 0 unspecified atom stereocenters. The van der Waals surface area contributed by atoms with E-state index < -0.39 is 0 Å². The maximum Gasteiger partial charge on any atom is 0.0487 e. The van der Waals surface area contributed by atoms with Gasteiger partial charge in [-0.15, -0.1) is 0 Å². The van der Waals surface area contributed by atoms with Gasteiger partial charge in [-0.25, -0.2) is 0 Å². The zero-order chi connectivity index (χ0) is 8.49. The van der Waals surface area contributed by atoms with E-state index in [1.54, 1.807) is 12.4 Å². The lowest BCUT2D eigenvalue weighted by Gasteiger charge is -1.79. The number of aromatic amines is 1. The number of rotatable bonds is 0. The molecular formula is C9H11N3. The average molecular weight is 161 g/mol. The SMILES string of the molecule is C1=CC=CNC=C1.c1cn[nH]c1. The highest BCUT2D eigenvalue weighted by molar-refractivity contribution is 5.14. The molecule has 2 N–H and O–H groups in total. The summed E-state index contributed by atoms with van der Waals surface area (Å²) in [5, 5.41) is 9.13. The van der Waals surface area contributed by atoms with E-state index in [1.807, 2.05) is 42.8 Å². The Balaban J connectivity index is 0.000000127. The molecule has 1 aromatic rings. The van der Waals surface area contributed by atoms with Crippen molar-refractivity contribution in [2.24, 2.45) is 0 Å². The van der Waals surface area contributed by atoms with Crippen molar-refractivity contribution in [2.75, 3.05) is 0 Å². The molecule has 0 saturated heterocycles. The summed E-state index contributed by atoms with van der Waals surface area (Å²) in [6, 6.07) is 1.83. The fraction of sp³-hybridized carbons (Fsp3) is 0. The van der Waals surface area contributed by atoms with Crippen LogP contribution in [0.4, 0.5) is 0 Å². The van der Waals surface area contributed by atoms with E-state index >= 15 is 0 Å². The van der Waals surface area contributed by atoms with Gasteiger partial charge in [0.15, 0.2) is 0 Å². The molecule has 1 aromatic heterocycles. The van der Waals surface area contributed by atoms with Gasteiger partial charge in [0.1, 0.15) is 0 Å². The molecular weight excluding hydrogens is 150 g/mol. The van der Waals surface area contributed by atoms with Gasteiger partial charge in [0.05, 0.1) is 0 Å². The summed E-state index contributed by atoms with van der Waals surface area (Å²) in [5.41, 5.74) is 0. The molecule has 1 aliphatic heterocycles. The number of nitrogens with zero attached hydrogens (tertiary/aromatic N) is 1. The zero-order valence-corrected chi connectivity index (χ0v) is 6.64. The third-order valence-electron chi connectivity index (χ3n) is 1.12. The van der Waals surface area contributed by atoms with Crippen molar-refractivity contribution in [3.05, 3.63) is 55.2 Å². The first kappa shape index (κ1) is 8.33. The van der Waals surface area contributed by atoms with Crippen molar-refractivity contribution >= 4 is 0 Å². The molecule has 0 fully saturated rings. The summed E-state index contributed by atoms with van der Waals surface area (Å²) in [5.74, 6) is 0. The molecule has 2 rings (SSSR count). The van der Waals surface area contributed by atoms with E-state index in [2.05, 4.69) is 15.5 Å². The van der Waals surface area contributed by atoms with Gasteiger partial charge >= 0.3 is 0 Å². The van der Waals surface area contributed by atoms with Crippen molar-refractivity contribution in [3.8, 4) is 0 Å². The Labute approximate surface area is 71.5 Å². The van der Waals surface area contributed by atoms with Gasteiger partial charge in [-0.05, 0) is 18.2 Å². The van der Waals surface area contributed by atoms with Crippen molar-refractivity contribution in [3.63, 3.8) is 0 Å². The van der Waals surface area contributed by atoms with Crippen LogP contribution in [0.5, 0.6) is 0 Å². The van der Waals surface area contributed by atoms with Gasteiger partial charge < -0.3 is 5.32 Å². The number of nitrogens with one attached hydrogen (secondary N) is 2.